The molecular weight excluding hydrogens is 387 g/mol. The zero-order valence-electron chi connectivity index (χ0n) is 13.3. The molecule has 0 atom stereocenters. The minimum atomic E-state index is -4.48. The lowest BCUT2D eigenvalue weighted by atomic mass is 10.1. The van der Waals surface area contributed by atoms with Crippen LogP contribution in [0.3, 0.4) is 0 Å². The van der Waals surface area contributed by atoms with E-state index in [1.165, 1.54) is 41.7 Å². The molecule has 1 aromatic carbocycles. The summed E-state index contributed by atoms with van der Waals surface area (Å²) < 4.78 is 41.0. The predicted octanol–water partition coefficient (Wildman–Crippen LogP) is 3.69. The first-order chi connectivity index (χ1) is 12.3. The maximum atomic E-state index is 13.1. The predicted molar refractivity (Wildman–Crippen MR) is 92.9 cm³/mol. The summed E-state index contributed by atoms with van der Waals surface area (Å²) in [4.78, 5) is 16.1. The van der Waals surface area contributed by atoms with E-state index in [1.54, 1.807) is 11.6 Å². The Bertz CT molecular complexity index is 922. The molecule has 0 aliphatic carbocycles. The third kappa shape index (κ3) is 4.22. The average Bonchev–Trinajstić information content (AvgIpc) is 3.21. The number of amides is 1. The van der Waals surface area contributed by atoms with E-state index in [4.69, 9.17) is 0 Å². The second-order valence-electron chi connectivity index (χ2n) is 5.14. The minimum Gasteiger partial charge on any atom is -0.312 e. The van der Waals surface area contributed by atoms with Gasteiger partial charge in [0.15, 0.2) is 10.3 Å². The Kier molecular flexibility index (Phi) is 5.28. The Morgan fingerprint density at radius 1 is 1.35 bits per heavy atom. The molecule has 1 N–H and O–H groups in total. The molecule has 0 bridgehead atoms. The van der Waals surface area contributed by atoms with Gasteiger partial charge < -0.3 is 9.88 Å². The molecule has 0 spiro atoms. The van der Waals surface area contributed by atoms with Gasteiger partial charge in [0.25, 0.3) is 0 Å². The van der Waals surface area contributed by atoms with E-state index >= 15 is 0 Å². The molecule has 0 aliphatic heterocycles. The molecule has 11 heteroatoms. The van der Waals surface area contributed by atoms with Gasteiger partial charge in [0.05, 0.1) is 17.0 Å². The Labute approximate surface area is 154 Å². The maximum Gasteiger partial charge on any atom is 0.417 e. The van der Waals surface area contributed by atoms with Gasteiger partial charge >= 0.3 is 6.18 Å². The third-order valence-corrected chi connectivity index (χ3v) is 5.05. The summed E-state index contributed by atoms with van der Waals surface area (Å²) in [6, 6.07) is 5.20. The Balaban J connectivity index is 1.69. The molecule has 1 amide bonds. The highest BCUT2D eigenvalue weighted by Gasteiger charge is 2.33. The van der Waals surface area contributed by atoms with Gasteiger partial charge in [-0.05, 0) is 6.07 Å². The highest BCUT2D eigenvalue weighted by molar-refractivity contribution is 7.99. The molecule has 0 saturated carbocycles. The van der Waals surface area contributed by atoms with Crippen LogP contribution < -0.4 is 5.32 Å². The Morgan fingerprint density at radius 3 is 2.81 bits per heavy atom. The quantitative estimate of drug-likeness (QED) is 0.663. The number of anilines is 1. The van der Waals surface area contributed by atoms with Gasteiger partial charge in [-0.25, -0.2) is 4.98 Å². The normalized spacial score (nSPS) is 11.5. The van der Waals surface area contributed by atoms with Gasteiger partial charge in [-0.1, -0.05) is 30.0 Å². The SMILES string of the molecule is Cn1cnnc1SCC(=O)Nc1nc(-c2ccccc2C(F)(F)F)cs1. The number of rotatable bonds is 5. The standard InChI is InChI=1S/C15H12F3N5OS2/c1-23-8-19-22-14(23)26-7-12(24)21-13-20-11(6-25-13)9-4-2-3-5-10(9)15(16,17)18/h2-6,8H,7H2,1H3,(H,20,21,24). The molecule has 3 rings (SSSR count). The fourth-order valence-electron chi connectivity index (χ4n) is 2.10. The lowest BCUT2D eigenvalue weighted by Gasteiger charge is -2.10. The number of hydrogen-bond donors (Lipinski definition) is 1. The van der Waals surface area contributed by atoms with Gasteiger partial charge in [0.1, 0.15) is 6.33 Å². The summed E-state index contributed by atoms with van der Waals surface area (Å²) in [5.41, 5.74) is -0.620. The summed E-state index contributed by atoms with van der Waals surface area (Å²) in [6.07, 6.45) is -2.96. The van der Waals surface area contributed by atoms with Gasteiger partial charge in [-0.15, -0.1) is 21.5 Å². The van der Waals surface area contributed by atoms with E-state index < -0.39 is 11.7 Å². The van der Waals surface area contributed by atoms with Crippen LogP contribution in [-0.4, -0.2) is 31.4 Å². The lowest BCUT2D eigenvalue weighted by Crippen LogP contribution is -2.14. The van der Waals surface area contributed by atoms with E-state index in [9.17, 15) is 18.0 Å². The average molecular weight is 399 g/mol. The third-order valence-electron chi connectivity index (χ3n) is 3.26. The molecule has 26 heavy (non-hydrogen) atoms. The fourth-order valence-corrected chi connectivity index (χ4v) is 3.51. The number of nitrogens with one attached hydrogen (secondary N) is 1. The van der Waals surface area contributed by atoms with Gasteiger partial charge in [-0.2, -0.15) is 13.2 Å². The van der Waals surface area contributed by atoms with Crippen molar-refractivity contribution in [2.75, 3.05) is 11.1 Å². The molecule has 0 radical (unpaired) electrons. The first-order valence-corrected chi connectivity index (χ1v) is 9.10. The highest BCUT2D eigenvalue weighted by Crippen LogP contribution is 2.37. The molecule has 0 unspecified atom stereocenters. The number of halogens is 3. The number of aryl methyl sites for hydroxylation is 1. The smallest absolute Gasteiger partial charge is 0.312 e. The monoisotopic (exact) mass is 399 g/mol. The van der Waals surface area contributed by atoms with E-state index in [0.29, 0.717) is 5.16 Å². The number of thiazole rings is 1. The van der Waals surface area contributed by atoms with Gasteiger partial charge in [0.2, 0.25) is 5.91 Å². The van der Waals surface area contributed by atoms with Crippen LogP contribution in [-0.2, 0) is 18.0 Å². The van der Waals surface area contributed by atoms with Crippen molar-refractivity contribution in [2.45, 2.75) is 11.3 Å². The van der Waals surface area contributed by atoms with Gasteiger partial charge in [0, 0.05) is 18.0 Å². The van der Waals surface area contributed by atoms with Crippen LogP contribution in [0.2, 0.25) is 0 Å². The fraction of sp³-hybridized carbons (Fsp3) is 0.200. The van der Waals surface area contributed by atoms with Crippen LogP contribution in [0.5, 0.6) is 0 Å². The molecule has 3 aromatic rings. The summed E-state index contributed by atoms with van der Waals surface area (Å²) in [6.45, 7) is 0. The number of nitrogens with zero attached hydrogens (tertiary/aromatic N) is 4. The second-order valence-corrected chi connectivity index (χ2v) is 6.94. The topological polar surface area (TPSA) is 72.7 Å². The molecule has 2 aromatic heterocycles. The maximum absolute atomic E-state index is 13.1. The zero-order valence-corrected chi connectivity index (χ0v) is 15.0. The van der Waals surface area contributed by atoms with Crippen LogP contribution in [0.1, 0.15) is 5.56 Å². The van der Waals surface area contributed by atoms with Crippen molar-refractivity contribution >= 4 is 34.1 Å². The van der Waals surface area contributed by atoms with Crippen LogP contribution in [0, 0.1) is 0 Å². The summed E-state index contributed by atoms with van der Waals surface area (Å²) in [5.74, 6) is -0.247. The van der Waals surface area contributed by atoms with Crippen molar-refractivity contribution in [1.29, 1.82) is 0 Å². The Hall–Kier alpha value is -2.40. The van der Waals surface area contributed by atoms with E-state index in [1.807, 2.05) is 0 Å². The van der Waals surface area contributed by atoms with Gasteiger partial charge in [-0.3, -0.25) is 4.79 Å². The van der Waals surface area contributed by atoms with E-state index in [-0.39, 0.29) is 28.0 Å². The van der Waals surface area contributed by atoms with Crippen molar-refractivity contribution in [3.63, 3.8) is 0 Å². The number of thioether (sulfide) groups is 1. The van der Waals surface area contributed by atoms with Crippen LogP contribution in [0.25, 0.3) is 11.3 Å². The van der Waals surface area contributed by atoms with Crippen LogP contribution in [0.4, 0.5) is 18.3 Å². The number of carbonyl (C=O) groups is 1. The Morgan fingerprint density at radius 2 is 2.12 bits per heavy atom. The number of aromatic nitrogens is 4. The summed E-state index contributed by atoms with van der Waals surface area (Å²) in [5, 5.41) is 12.4. The molecule has 6 nitrogen and oxygen atoms in total. The van der Waals surface area contributed by atoms with Crippen LogP contribution in [0.15, 0.2) is 41.1 Å². The highest BCUT2D eigenvalue weighted by atomic mass is 32.2. The van der Waals surface area contributed by atoms with Crippen molar-refractivity contribution < 1.29 is 18.0 Å². The zero-order chi connectivity index (χ0) is 18.7. The van der Waals surface area contributed by atoms with Crippen molar-refractivity contribution in [1.82, 2.24) is 19.7 Å². The molecule has 0 fully saturated rings. The first-order valence-electron chi connectivity index (χ1n) is 7.23. The number of carbonyl (C=O) groups excluding carboxylic acids is 1. The summed E-state index contributed by atoms with van der Waals surface area (Å²) in [7, 11) is 1.76. The second kappa shape index (κ2) is 7.46. The van der Waals surface area contributed by atoms with E-state index in [0.717, 1.165) is 17.4 Å². The van der Waals surface area contributed by atoms with Crippen molar-refractivity contribution in [2.24, 2.45) is 7.05 Å². The molecular formula is C15H12F3N5OS2. The minimum absolute atomic E-state index is 0.0230. The van der Waals surface area contributed by atoms with Crippen molar-refractivity contribution in [3.05, 3.63) is 41.5 Å². The molecule has 136 valence electrons. The first kappa shape index (κ1) is 18.4. The largest absolute Gasteiger partial charge is 0.417 e. The number of hydrogen-bond acceptors (Lipinski definition) is 6. The molecule has 2 heterocycles. The lowest BCUT2D eigenvalue weighted by molar-refractivity contribution is -0.137. The van der Waals surface area contributed by atoms with Crippen molar-refractivity contribution in [3.8, 4) is 11.3 Å². The van der Waals surface area contributed by atoms with Crippen LogP contribution >= 0.6 is 23.1 Å². The number of benzene rings is 1. The molecule has 0 aliphatic rings. The summed E-state index contributed by atoms with van der Waals surface area (Å²) >= 11 is 2.26. The van der Waals surface area contributed by atoms with E-state index in [2.05, 4.69) is 20.5 Å². The number of alkyl halides is 3. The molecule has 0 saturated heterocycles.